The fraction of sp³-hybridized carbons (Fsp3) is 0.379. The van der Waals surface area contributed by atoms with E-state index >= 15 is 0 Å². The summed E-state index contributed by atoms with van der Waals surface area (Å²) in [5.41, 5.74) is 3.62. The Morgan fingerprint density at radius 3 is 2.15 bits per heavy atom. The zero-order valence-corrected chi connectivity index (χ0v) is 21.2. The number of esters is 1. The van der Waals surface area contributed by atoms with Gasteiger partial charge in [-0.3, -0.25) is 4.79 Å². The molecule has 1 aliphatic rings. The second kappa shape index (κ2) is 10.1. The molecule has 4 nitrogen and oxygen atoms in total. The molecule has 1 N–H and O–H groups in total. The predicted molar refractivity (Wildman–Crippen MR) is 139 cm³/mol. The minimum absolute atomic E-state index is 0.145. The van der Waals surface area contributed by atoms with E-state index in [1.54, 1.807) is 0 Å². The number of carbonyl (C=O) groups excluding carboxylic acids is 2. The van der Waals surface area contributed by atoms with Gasteiger partial charge in [0.2, 0.25) is 5.91 Å². The van der Waals surface area contributed by atoms with E-state index in [4.69, 9.17) is 4.74 Å². The summed E-state index contributed by atoms with van der Waals surface area (Å²) < 4.78 is 5.41. The molecule has 178 valence electrons. The van der Waals surface area contributed by atoms with E-state index in [2.05, 4.69) is 26.1 Å². The zero-order chi connectivity index (χ0) is 24.3. The predicted octanol–water partition coefficient (Wildman–Crippen LogP) is 6.85. The molecular formula is C29H33NO3S. The Labute approximate surface area is 206 Å². The maximum atomic E-state index is 13.7. The van der Waals surface area contributed by atoms with E-state index in [0.717, 1.165) is 36.0 Å². The van der Waals surface area contributed by atoms with Gasteiger partial charge in [0.15, 0.2) is 0 Å². The first-order chi connectivity index (χ1) is 16.3. The highest BCUT2D eigenvalue weighted by molar-refractivity contribution is 7.17. The van der Waals surface area contributed by atoms with Crippen molar-refractivity contribution in [3.63, 3.8) is 0 Å². The van der Waals surface area contributed by atoms with Crippen LogP contribution in [0.3, 0.4) is 0 Å². The third kappa shape index (κ3) is 5.10. The highest BCUT2D eigenvalue weighted by Crippen LogP contribution is 2.45. The van der Waals surface area contributed by atoms with Crippen LogP contribution in [0.4, 0.5) is 5.00 Å². The van der Waals surface area contributed by atoms with Crippen LogP contribution < -0.4 is 5.32 Å². The highest BCUT2D eigenvalue weighted by atomic mass is 32.1. The first-order valence-electron chi connectivity index (χ1n) is 12.0. The van der Waals surface area contributed by atoms with Gasteiger partial charge in [-0.2, -0.15) is 0 Å². The van der Waals surface area contributed by atoms with E-state index < -0.39 is 5.92 Å². The molecule has 34 heavy (non-hydrogen) atoms. The van der Waals surface area contributed by atoms with Crippen LogP contribution in [0.2, 0.25) is 0 Å². The van der Waals surface area contributed by atoms with Crippen LogP contribution in [-0.2, 0) is 22.4 Å². The first-order valence-corrected chi connectivity index (χ1v) is 12.8. The smallest absolute Gasteiger partial charge is 0.341 e. The lowest BCUT2D eigenvalue weighted by Gasteiger charge is -2.33. The van der Waals surface area contributed by atoms with Gasteiger partial charge in [0.1, 0.15) is 5.00 Å². The fourth-order valence-corrected chi connectivity index (χ4v) is 6.12. The molecule has 1 aromatic heterocycles. The molecule has 1 atom stereocenters. The summed E-state index contributed by atoms with van der Waals surface area (Å²) in [6, 6.07) is 19.5. The van der Waals surface area contributed by atoms with E-state index in [0.29, 0.717) is 23.1 Å². The van der Waals surface area contributed by atoms with E-state index in [1.165, 1.54) is 16.2 Å². The number of anilines is 1. The number of hydrogen-bond donors (Lipinski definition) is 1. The van der Waals surface area contributed by atoms with Crippen molar-refractivity contribution >= 4 is 28.2 Å². The number of nitrogens with one attached hydrogen (secondary N) is 1. The molecule has 0 aliphatic heterocycles. The van der Waals surface area contributed by atoms with Gasteiger partial charge in [-0.25, -0.2) is 4.79 Å². The van der Waals surface area contributed by atoms with E-state index in [9.17, 15) is 9.59 Å². The minimum atomic E-state index is -0.473. The minimum Gasteiger partial charge on any atom is -0.462 e. The monoisotopic (exact) mass is 475 g/mol. The lowest BCUT2D eigenvalue weighted by molar-refractivity contribution is -0.116. The Bertz CT molecular complexity index is 1110. The number of benzene rings is 2. The molecule has 0 unspecified atom stereocenters. The Balaban J connectivity index is 1.71. The van der Waals surface area contributed by atoms with Crippen molar-refractivity contribution in [1.29, 1.82) is 0 Å². The normalized spacial score (nSPS) is 15.6. The molecule has 0 saturated heterocycles. The molecule has 1 heterocycles. The number of hydrogen-bond acceptors (Lipinski definition) is 4. The van der Waals surface area contributed by atoms with Crippen LogP contribution in [0.25, 0.3) is 0 Å². The second-order valence-electron chi connectivity index (χ2n) is 9.98. The fourth-order valence-electron chi connectivity index (χ4n) is 4.80. The summed E-state index contributed by atoms with van der Waals surface area (Å²) in [4.78, 5) is 27.9. The average Bonchev–Trinajstić information content (AvgIpc) is 3.17. The summed E-state index contributed by atoms with van der Waals surface area (Å²) in [6.07, 6.45) is 2.79. The van der Waals surface area contributed by atoms with Crippen molar-refractivity contribution in [2.75, 3.05) is 11.9 Å². The molecule has 5 heteroatoms. The van der Waals surface area contributed by atoms with Gasteiger partial charge in [-0.05, 0) is 54.2 Å². The molecule has 0 radical (unpaired) electrons. The molecule has 0 bridgehead atoms. The largest absolute Gasteiger partial charge is 0.462 e. The molecule has 2 aromatic carbocycles. The summed E-state index contributed by atoms with van der Waals surface area (Å²) in [5.74, 6) is -0.424. The van der Waals surface area contributed by atoms with E-state index in [1.807, 2.05) is 67.6 Å². The van der Waals surface area contributed by atoms with Gasteiger partial charge in [-0.1, -0.05) is 81.4 Å². The second-order valence-corrected chi connectivity index (χ2v) is 11.1. The molecule has 4 rings (SSSR count). The van der Waals surface area contributed by atoms with Crippen molar-refractivity contribution in [2.45, 2.75) is 52.9 Å². The number of fused-ring (bicyclic) bond motifs is 1. The summed E-state index contributed by atoms with van der Waals surface area (Å²) in [6.45, 7) is 8.93. The molecule has 1 aliphatic carbocycles. The van der Waals surface area contributed by atoms with Crippen molar-refractivity contribution in [1.82, 2.24) is 0 Å². The Morgan fingerprint density at radius 1 is 1.03 bits per heavy atom. The third-order valence-electron chi connectivity index (χ3n) is 6.73. The maximum Gasteiger partial charge on any atom is 0.341 e. The summed E-state index contributed by atoms with van der Waals surface area (Å²) in [7, 11) is 0. The van der Waals surface area contributed by atoms with Crippen molar-refractivity contribution in [2.24, 2.45) is 11.3 Å². The number of carbonyl (C=O) groups is 2. The Hall–Kier alpha value is -2.92. The first kappa shape index (κ1) is 24.2. The summed E-state index contributed by atoms with van der Waals surface area (Å²) >= 11 is 1.54. The van der Waals surface area contributed by atoms with Crippen molar-refractivity contribution in [3.05, 3.63) is 87.8 Å². The van der Waals surface area contributed by atoms with Crippen molar-refractivity contribution in [3.8, 4) is 0 Å². The molecule has 3 aromatic rings. The number of amides is 1. The molecule has 0 saturated carbocycles. The Morgan fingerprint density at radius 2 is 1.62 bits per heavy atom. The summed E-state index contributed by atoms with van der Waals surface area (Å²) in [5, 5.41) is 3.75. The van der Waals surface area contributed by atoms with Crippen LogP contribution in [0, 0.1) is 11.3 Å². The zero-order valence-electron chi connectivity index (χ0n) is 20.4. The highest BCUT2D eigenvalue weighted by Gasteiger charge is 2.35. The lowest BCUT2D eigenvalue weighted by Crippen LogP contribution is -2.26. The van der Waals surface area contributed by atoms with Gasteiger partial charge in [-0.15, -0.1) is 11.3 Å². The molecule has 0 fully saturated rings. The van der Waals surface area contributed by atoms with Crippen LogP contribution in [0.15, 0.2) is 60.7 Å². The van der Waals surface area contributed by atoms with Gasteiger partial charge < -0.3 is 10.1 Å². The third-order valence-corrected chi connectivity index (χ3v) is 7.90. The SMILES string of the molecule is CCOC(=O)c1c(NC(=O)C(c2ccccc2)c2ccccc2)sc2c1CC[C@H](C(C)(C)C)C2. The van der Waals surface area contributed by atoms with Gasteiger partial charge in [0, 0.05) is 4.88 Å². The molecule has 0 spiro atoms. The quantitative estimate of drug-likeness (QED) is 0.397. The van der Waals surface area contributed by atoms with Gasteiger partial charge >= 0.3 is 5.97 Å². The Kier molecular flexibility index (Phi) is 7.22. The van der Waals surface area contributed by atoms with Crippen LogP contribution in [0.1, 0.15) is 72.0 Å². The standard InChI is InChI=1S/C29H33NO3S/c1-5-33-28(32)25-22-17-16-21(29(2,3)4)18-23(22)34-27(25)30-26(31)24(19-12-8-6-9-13-19)20-14-10-7-11-15-20/h6-15,21,24H,5,16-18H2,1-4H3,(H,30,31)/t21-/m0/s1. The molecule has 1 amide bonds. The topological polar surface area (TPSA) is 55.4 Å². The molecular weight excluding hydrogens is 442 g/mol. The number of rotatable bonds is 6. The number of ether oxygens (including phenoxy) is 1. The maximum absolute atomic E-state index is 13.7. The van der Waals surface area contributed by atoms with Gasteiger partial charge in [0.05, 0.1) is 18.1 Å². The van der Waals surface area contributed by atoms with Crippen LogP contribution in [-0.4, -0.2) is 18.5 Å². The van der Waals surface area contributed by atoms with E-state index in [-0.39, 0.29) is 17.3 Å². The van der Waals surface area contributed by atoms with Gasteiger partial charge in [0.25, 0.3) is 0 Å². The average molecular weight is 476 g/mol. The van der Waals surface area contributed by atoms with Crippen LogP contribution in [0.5, 0.6) is 0 Å². The lowest BCUT2D eigenvalue weighted by atomic mass is 9.72. The van der Waals surface area contributed by atoms with Crippen molar-refractivity contribution < 1.29 is 14.3 Å². The number of thiophene rings is 1. The van der Waals surface area contributed by atoms with Crippen LogP contribution >= 0.6 is 11.3 Å².